The van der Waals surface area contributed by atoms with E-state index in [2.05, 4.69) is 5.32 Å². The molecule has 1 saturated heterocycles. The predicted molar refractivity (Wildman–Crippen MR) is 64.8 cm³/mol. The number of amides is 2. The van der Waals surface area contributed by atoms with Crippen molar-refractivity contribution in [3.05, 3.63) is 0 Å². The van der Waals surface area contributed by atoms with E-state index in [9.17, 15) is 9.59 Å². The minimum Gasteiger partial charge on any atom is -0.481 e. The van der Waals surface area contributed by atoms with E-state index in [0.29, 0.717) is 13.1 Å². The molecule has 1 unspecified atom stereocenters. The smallest absolute Gasteiger partial charge is 0.317 e. The van der Waals surface area contributed by atoms with Gasteiger partial charge in [0.25, 0.3) is 0 Å². The maximum absolute atomic E-state index is 11.8. The van der Waals surface area contributed by atoms with Crippen LogP contribution in [0.25, 0.3) is 0 Å². The second-order valence-corrected chi connectivity index (χ2v) is 5.46. The van der Waals surface area contributed by atoms with Crippen LogP contribution in [0.5, 0.6) is 0 Å². The van der Waals surface area contributed by atoms with Crippen LogP contribution < -0.4 is 5.32 Å². The SMILES string of the molecule is CCC(C)(C)NC(=O)N1CC(C(C)C(=O)O)C1. The molecule has 5 nitrogen and oxygen atoms in total. The number of likely N-dealkylation sites (tertiary alicyclic amines) is 1. The van der Waals surface area contributed by atoms with Crippen LogP contribution >= 0.6 is 0 Å². The van der Waals surface area contributed by atoms with Crippen molar-refractivity contribution >= 4 is 12.0 Å². The summed E-state index contributed by atoms with van der Waals surface area (Å²) >= 11 is 0. The Morgan fingerprint density at radius 2 is 2.00 bits per heavy atom. The molecule has 5 heteroatoms. The van der Waals surface area contributed by atoms with Crippen LogP contribution in [0.2, 0.25) is 0 Å². The molecule has 1 heterocycles. The summed E-state index contributed by atoms with van der Waals surface area (Å²) in [6.45, 7) is 8.74. The van der Waals surface area contributed by atoms with Gasteiger partial charge in [-0.3, -0.25) is 4.79 Å². The highest BCUT2D eigenvalue weighted by Crippen LogP contribution is 2.24. The van der Waals surface area contributed by atoms with Crippen LogP contribution in [-0.2, 0) is 4.79 Å². The van der Waals surface area contributed by atoms with E-state index in [1.807, 2.05) is 20.8 Å². The molecule has 1 aliphatic rings. The number of nitrogens with zero attached hydrogens (tertiary/aromatic N) is 1. The van der Waals surface area contributed by atoms with Gasteiger partial charge in [-0.1, -0.05) is 13.8 Å². The summed E-state index contributed by atoms with van der Waals surface area (Å²) in [5, 5.41) is 11.8. The Hall–Kier alpha value is -1.26. The molecule has 0 spiro atoms. The summed E-state index contributed by atoms with van der Waals surface area (Å²) in [4.78, 5) is 24.2. The molecule has 1 atom stereocenters. The zero-order valence-electron chi connectivity index (χ0n) is 11.0. The summed E-state index contributed by atoms with van der Waals surface area (Å²) in [7, 11) is 0. The number of nitrogens with one attached hydrogen (secondary N) is 1. The summed E-state index contributed by atoms with van der Waals surface area (Å²) < 4.78 is 0. The van der Waals surface area contributed by atoms with Crippen molar-refractivity contribution in [3.8, 4) is 0 Å². The van der Waals surface area contributed by atoms with Gasteiger partial charge in [-0.25, -0.2) is 4.79 Å². The number of aliphatic carboxylic acids is 1. The van der Waals surface area contributed by atoms with E-state index in [0.717, 1.165) is 6.42 Å². The van der Waals surface area contributed by atoms with Crippen molar-refractivity contribution in [2.45, 2.75) is 39.7 Å². The van der Waals surface area contributed by atoms with Gasteiger partial charge in [-0.05, 0) is 20.3 Å². The van der Waals surface area contributed by atoms with Gasteiger partial charge >= 0.3 is 12.0 Å². The molecule has 0 aromatic rings. The first-order chi connectivity index (χ1) is 7.76. The third-order valence-corrected chi connectivity index (χ3v) is 3.62. The summed E-state index contributed by atoms with van der Waals surface area (Å²) in [6.07, 6.45) is 0.863. The molecule has 2 N–H and O–H groups in total. The molecular formula is C12H22N2O3. The molecule has 0 saturated carbocycles. The molecule has 2 amide bonds. The molecular weight excluding hydrogens is 220 g/mol. The number of carboxylic acid groups (broad SMARTS) is 1. The van der Waals surface area contributed by atoms with E-state index in [4.69, 9.17) is 5.11 Å². The van der Waals surface area contributed by atoms with Crippen molar-refractivity contribution in [1.82, 2.24) is 10.2 Å². The largest absolute Gasteiger partial charge is 0.481 e. The summed E-state index contributed by atoms with van der Waals surface area (Å²) in [5.74, 6) is -1.08. The number of rotatable bonds is 4. The average molecular weight is 242 g/mol. The average Bonchev–Trinajstić information content (AvgIpc) is 2.14. The molecule has 0 aliphatic carbocycles. The summed E-state index contributed by atoms with van der Waals surface area (Å²) in [6, 6.07) is -0.0920. The second-order valence-electron chi connectivity index (χ2n) is 5.46. The Kier molecular flexibility index (Phi) is 4.01. The zero-order chi connectivity index (χ0) is 13.2. The van der Waals surface area contributed by atoms with E-state index in [-0.39, 0.29) is 23.4 Å². The normalized spacial score (nSPS) is 18.5. The van der Waals surface area contributed by atoms with Crippen molar-refractivity contribution in [2.75, 3.05) is 13.1 Å². The lowest BCUT2D eigenvalue weighted by atomic mass is 9.87. The fourth-order valence-corrected chi connectivity index (χ4v) is 1.65. The lowest BCUT2D eigenvalue weighted by molar-refractivity contribution is -0.144. The van der Waals surface area contributed by atoms with E-state index >= 15 is 0 Å². The van der Waals surface area contributed by atoms with Crippen LogP contribution in [0.4, 0.5) is 4.79 Å². The Morgan fingerprint density at radius 1 is 1.47 bits per heavy atom. The van der Waals surface area contributed by atoms with Gasteiger partial charge in [-0.2, -0.15) is 0 Å². The highest BCUT2D eigenvalue weighted by Gasteiger charge is 2.38. The molecule has 17 heavy (non-hydrogen) atoms. The number of hydrogen-bond acceptors (Lipinski definition) is 2. The minimum atomic E-state index is -0.788. The Morgan fingerprint density at radius 3 is 2.41 bits per heavy atom. The van der Waals surface area contributed by atoms with Crippen LogP contribution in [0.1, 0.15) is 34.1 Å². The van der Waals surface area contributed by atoms with Crippen LogP contribution in [0, 0.1) is 11.8 Å². The first-order valence-electron chi connectivity index (χ1n) is 6.06. The molecule has 1 rings (SSSR count). The lowest BCUT2D eigenvalue weighted by Gasteiger charge is -2.42. The highest BCUT2D eigenvalue weighted by atomic mass is 16.4. The van der Waals surface area contributed by atoms with Crippen molar-refractivity contribution in [3.63, 3.8) is 0 Å². The zero-order valence-corrected chi connectivity index (χ0v) is 11.0. The quantitative estimate of drug-likeness (QED) is 0.785. The van der Waals surface area contributed by atoms with Crippen LogP contribution in [0.15, 0.2) is 0 Å². The Balaban J connectivity index is 2.38. The van der Waals surface area contributed by atoms with Gasteiger partial charge in [0.05, 0.1) is 5.92 Å². The van der Waals surface area contributed by atoms with Crippen LogP contribution in [0.3, 0.4) is 0 Å². The van der Waals surface area contributed by atoms with Gasteiger partial charge in [0, 0.05) is 24.5 Å². The van der Waals surface area contributed by atoms with E-state index in [1.165, 1.54) is 0 Å². The van der Waals surface area contributed by atoms with Gasteiger partial charge in [0.15, 0.2) is 0 Å². The monoisotopic (exact) mass is 242 g/mol. The topological polar surface area (TPSA) is 69.6 Å². The van der Waals surface area contributed by atoms with Gasteiger partial charge in [-0.15, -0.1) is 0 Å². The predicted octanol–water partition coefficient (Wildman–Crippen LogP) is 1.54. The maximum atomic E-state index is 11.8. The van der Waals surface area contributed by atoms with Gasteiger partial charge < -0.3 is 15.3 Å². The van der Waals surface area contributed by atoms with Crippen molar-refractivity contribution < 1.29 is 14.7 Å². The molecule has 0 aromatic carbocycles. The Bertz CT molecular complexity index is 309. The number of urea groups is 1. The molecule has 98 valence electrons. The van der Waals surface area contributed by atoms with E-state index in [1.54, 1.807) is 11.8 Å². The first kappa shape index (κ1) is 13.8. The minimum absolute atomic E-state index is 0.0861. The molecule has 0 aromatic heterocycles. The van der Waals surface area contributed by atoms with Gasteiger partial charge in [0.1, 0.15) is 0 Å². The molecule has 1 aliphatic heterocycles. The number of carboxylic acids is 1. The summed E-state index contributed by atoms with van der Waals surface area (Å²) in [5.41, 5.74) is -0.208. The van der Waals surface area contributed by atoms with Crippen molar-refractivity contribution in [1.29, 1.82) is 0 Å². The highest BCUT2D eigenvalue weighted by molar-refractivity contribution is 5.76. The molecule has 1 fully saturated rings. The molecule has 0 bridgehead atoms. The first-order valence-corrected chi connectivity index (χ1v) is 6.06. The number of carbonyl (C=O) groups is 2. The standard InChI is InChI=1S/C12H22N2O3/c1-5-12(3,4)13-11(17)14-6-9(7-14)8(2)10(15)16/h8-9H,5-7H2,1-4H3,(H,13,17)(H,15,16). The van der Waals surface area contributed by atoms with E-state index < -0.39 is 5.97 Å². The maximum Gasteiger partial charge on any atom is 0.317 e. The number of hydrogen-bond donors (Lipinski definition) is 2. The third kappa shape index (κ3) is 3.35. The molecule has 0 radical (unpaired) electrons. The van der Waals surface area contributed by atoms with Crippen molar-refractivity contribution in [2.24, 2.45) is 11.8 Å². The fourth-order valence-electron chi connectivity index (χ4n) is 1.65. The number of carbonyl (C=O) groups excluding carboxylic acids is 1. The lowest BCUT2D eigenvalue weighted by Crippen LogP contribution is -2.59. The van der Waals surface area contributed by atoms with Crippen LogP contribution in [-0.4, -0.2) is 40.6 Å². The fraction of sp³-hybridized carbons (Fsp3) is 0.833. The Labute approximate surface area is 102 Å². The van der Waals surface area contributed by atoms with Gasteiger partial charge in [0.2, 0.25) is 0 Å². The third-order valence-electron chi connectivity index (χ3n) is 3.62. The second kappa shape index (κ2) is 4.94.